The van der Waals surface area contributed by atoms with Crippen LogP contribution >= 0.6 is 0 Å². The molecule has 0 aliphatic heterocycles. The van der Waals surface area contributed by atoms with Crippen LogP contribution in [0.25, 0.3) is 0 Å². The van der Waals surface area contributed by atoms with Crippen molar-refractivity contribution in [2.75, 3.05) is 13.2 Å². The van der Waals surface area contributed by atoms with Gasteiger partial charge in [-0.2, -0.15) is 8.42 Å². The first-order chi connectivity index (χ1) is 12.1. The number of carbonyl (C=O) groups is 2. The number of aryl methyl sites for hydroxylation is 1. The molecule has 0 saturated carbocycles. The van der Waals surface area contributed by atoms with Gasteiger partial charge >= 0.3 is 11.9 Å². The summed E-state index contributed by atoms with van der Waals surface area (Å²) < 4.78 is 38.9. The highest BCUT2D eigenvalue weighted by Gasteiger charge is 2.19. The van der Waals surface area contributed by atoms with E-state index in [9.17, 15) is 18.0 Å². The molecule has 0 saturated heterocycles. The quantitative estimate of drug-likeness (QED) is 0.390. The maximum atomic E-state index is 11.1. The second-order valence-electron chi connectivity index (χ2n) is 4.99. The van der Waals surface area contributed by atoms with Crippen molar-refractivity contribution in [2.24, 2.45) is 5.73 Å². The van der Waals surface area contributed by atoms with E-state index < -0.39 is 28.1 Å². The molecule has 0 spiro atoms. The van der Waals surface area contributed by atoms with E-state index in [4.69, 9.17) is 10.3 Å². The van der Waals surface area contributed by atoms with Gasteiger partial charge in [0.1, 0.15) is 19.3 Å². The second kappa shape index (κ2) is 12.0. The summed E-state index contributed by atoms with van der Waals surface area (Å²) in [6.45, 7) is 8.77. The molecule has 0 unspecified atom stereocenters. The molecule has 0 aliphatic rings. The fourth-order valence-electron chi connectivity index (χ4n) is 1.43. The normalized spacial score (nSPS) is 11.3. The van der Waals surface area contributed by atoms with Crippen molar-refractivity contribution >= 4 is 22.1 Å². The molecule has 0 radical (unpaired) electrons. The van der Waals surface area contributed by atoms with E-state index in [2.05, 4.69) is 22.6 Å². The monoisotopic (exact) mass is 385 g/mol. The number of rotatable bonds is 8. The first-order valence-corrected chi connectivity index (χ1v) is 8.89. The first-order valence-electron chi connectivity index (χ1n) is 7.45. The molecule has 26 heavy (non-hydrogen) atoms. The molecule has 1 aromatic carbocycles. The molecule has 1 atom stereocenters. The number of hydrogen-bond donors (Lipinski definition) is 2. The number of ether oxygens (including phenoxy) is 2. The van der Waals surface area contributed by atoms with Crippen LogP contribution in [-0.2, 0) is 29.2 Å². The molecule has 0 aromatic heterocycles. The number of esters is 2. The third-order valence-electron chi connectivity index (χ3n) is 2.71. The summed E-state index contributed by atoms with van der Waals surface area (Å²) in [5.74, 6) is -1.21. The number of hydrogen-bond acceptors (Lipinski definition) is 7. The molecule has 9 heteroatoms. The average molecular weight is 385 g/mol. The molecule has 8 nitrogen and oxygen atoms in total. The van der Waals surface area contributed by atoms with Crippen molar-refractivity contribution in [3.63, 3.8) is 0 Å². The molecule has 0 aliphatic carbocycles. The van der Waals surface area contributed by atoms with Gasteiger partial charge in [0.05, 0.1) is 11.3 Å². The summed E-state index contributed by atoms with van der Waals surface area (Å²) in [7, 11) is -4.02. The van der Waals surface area contributed by atoms with Crippen LogP contribution in [0.2, 0.25) is 0 Å². The Morgan fingerprint density at radius 1 is 1.15 bits per heavy atom. The third-order valence-corrected chi connectivity index (χ3v) is 3.58. The highest BCUT2D eigenvalue weighted by atomic mass is 32.2. The van der Waals surface area contributed by atoms with E-state index in [0.29, 0.717) is 0 Å². The summed E-state index contributed by atoms with van der Waals surface area (Å²) in [5, 5.41) is 0. The Kier molecular flexibility index (Phi) is 10.8. The summed E-state index contributed by atoms with van der Waals surface area (Å²) in [4.78, 5) is 22.0. The van der Waals surface area contributed by atoms with E-state index >= 15 is 0 Å². The highest BCUT2D eigenvalue weighted by molar-refractivity contribution is 7.85. The van der Waals surface area contributed by atoms with Gasteiger partial charge in [-0.25, -0.2) is 0 Å². The molecule has 0 heterocycles. The van der Waals surface area contributed by atoms with Crippen molar-refractivity contribution in [1.29, 1.82) is 0 Å². The molecular formula is C17H23NO7S. The smallest absolute Gasteiger partial charge is 0.323 e. The van der Waals surface area contributed by atoms with Gasteiger partial charge in [-0.15, -0.1) is 0 Å². The summed E-state index contributed by atoms with van der Waals surface area (Å²) in [6.07, 6.45) is 2.64. The van der Waals surface area contributed by atoms with Crippen LogP contribution in [-0.4, -0.2) is 44.2 Å². The van der Waals surface area contributed by atoms with Crippen molar-refractivity contribution in [2.45, 2.75) is 24.3 Å². The Bertz CT molecular complexity index is 711. The molecule has 0 bridgehead atoms. The zero-order valence-electron chi connectivity index (χ0n) is 14.5. The van der Waals surface area contributed by atoms with Crippen molar-refractivity contribution in [1.82, 2.24) is 0 Å². The number of benzene rings is 1. The van der Waals surface area contributed by atoms with Crippen LogP contribution < -0.4 is 5.73 Å². The van der Waals surface area contributed by atoms with Gasteiger partial charge in [-0.1, -0.05) is 43.0 Å². The minimum absolute atomic E-state index is 0.0666. The standard InChI is InChI=1S/C10H15NO4.C7H8O3S/c1-3-5-14-9(12)7-8(11)10(13)15-6-4-2;1-6-2-4-7(5-3-6)11(8,9)10/h3-4,8H,1-2,5-7,11H2;2-5H,1H3,(H,8,9,10)/t8-;/m0./s1. The van der Waals surface area contributed by atoms with Crippen LogP contribution in [0.4, 0.5) is 0 Å². The molecule has 1 aromatic rings. The molecule has 3 N–H and O–H groups in total. The fraction of sp³-hybridized carbons (Fsp3) is 0.294. The van der Waals surface area contributed by atoms with Gasteiger partial charge in [-0.05, 0) is 19.1 Å². The van der Waals surface area contributed by atoms with Crippen molar-refractivity contribution in [3.8, 4) is 0 Å². The minimum Gasteiger partial charge on any atom is -0.461 e. The molecule has 1 rings (SSSR count). The number of carbonyl (C=O) groups excluding carboxylic acids is 2. The van der Waals surface area contributed by atoms with Gasteiger partial charge in [0.15, 0.2) is 0 Å². The Hall–Kier alpha value is -2.49. The van der Waals surface area contributed by atoms with Crippen molar-refractivity contribution < 1.29 is 32.0 Å². The lowest BCUT2D eigenvalue weighted by Crippen LogP contribution is -2.35. The molecule has 0 fully saturated rings. The summed E-state index contributed by atoms with van der Waals surface area (Å²) in [6, 6.07) is 4.99. The van der Waals surface area contributed by atoms with Crippen LogP contribution in [0.1, 0.15) is 12.0 Å². The Morgan fingerprint density at radius 3 is 2.12 bits per heavy atom. The predicted molar refractivity (Wildman–Crippen MR) is 95.9 cm³/mol. The fourth-order valence-corrected chi connectivity index (χ4v) is 1.91. The van der Waals surface area contributed by atoms with E-state index in [1.165, 1.54) is 24.3 Å². The zero-order valence-corrected chi connectivity index (χ0v) is 15.3. The van der Waals surface area contributed by atoms with Gasteiger partial charge in [0.25, 0.3) is 10.1 Å². The lowest BCUT2D eigenvalue weighted by atomic mass is 10.2. The van der Waals surface area contributed by atoms with Crippen LogP contribution in [0, 0.1) is 6.92 Å². The van der Waals surface area contributed by atoms with E-state index in [0.717, 1.165) is 5.56 Å². The first kappa shape index (κ1) is 23.5. The number of nitrogens with two attached hydrogens (primary N) is 1. The summed E-state index contributed by atoms with van der Waals surface area (Å²) in [5.41, 5.74) is 6.35. The predicted octanol–water partition coefficient (Wildman–Crippen LogP) is 1.40. The maximum absolute atomic E-state index is 11.1. The van der Waals surface area contributed by atoms with Gasteiger partial charge in [0, 0.05) is 0 Å². The highest BCUT2D eigenvalue weighted by Crippen LogP contribution is 2.08. The van der Waals surface area contributed by atoms with E-state index in [-0.39, 0.29) is 24.5 Å². The second-order valence-corrected chi connectivity index (χ2v) is 6.41. The van der Waals surface area contributed by atoms with E-state index in [1.807, 2.05) is 6.92 Å². The van der Waals surface area contributed by atoms with Gasteiger partial charge < -0.3 is 15.2 Å². The Labute approximate surface area is 153 Å². The SMILES string of the molecule is C=CCOC(=O)C[C@H](N)C(=O)OCC=C.Cc1ccc(S(=O)(=O)O)cc1. The topological polar surface area (TPSA) is 133 Å². The van der Waals surface area contributed by atoms with Gasteiger partial charge in [0.2, 0.25) is 0 Å². The van der Waals surface area contributed by atoms with Crippen molar-refractivity contribution in [3.05, 3.63) is 55.1 Å². The molecule has 0 amide bonds. The van der Waals surface area contributed by atoms with Gasteiger partial charge in [-0.3, -0.25) is 14.1 Å². The lowest BCUT2D eigenvalue weighted by molar-refractivity contribution is -0.150. The molecular weight excluding hydrogens is 362 g/mol. The zero-order chi connectivity index (χ0) is 20.2. The Morgan fingerprint density at radius 2 is 1.65 bits per heavy atom. The van der Waals surface area contributed by atoms with Crippen LogP contribution in [0.15, 0.2) is 54.5 Å². The summed E-state index contributed by atoms with van der Waals surface area (Å²) >= 11 is 0. The minimum atomic E-state index is -4.02. The molecule has 144 valence electrons. The Balaban J connectivity index is 0.000000502. The van der Waals surface area contributed by atoms with Crippen LogP contribution in [0.5, 0.6) is 0 Å². The van der Waals surface area contributed by atoms with Crippen LogP contribution in [0.3, 0.4) is 0 Å². The lowest BCUT2D eigenvalue weighted by Gasteiger charge is -2.09. The van der Waals surface area contributed by atoms with E-state index in [1.54, 1.807) is 12.1 Å². The maximum Gasteiger partial charge on any atom is 0.323 e. The third kappa shape index (κ3) is 10.4. The largest absolute Gasteiger partial charge is 0.461 e. The average Bonchev–Trinajstić information content (AvgIpc) is 2.57.